The minimum atomic E-state index is -4.10. The van der Waals surface area contributed by atoms with Gasteiger partial charge in [-0.3, -0.25) is 24.0 Å². The Morgan fingerprint density at radius 2 is 1.73 bits per heavy atom. The van der Waals surface area contributed by atoms with Crippen molar-refractivity contribution in [3.63, 3.8) is 0 Å². The van der Waals surface area contributed by atoms with Gasteiger partial charge in [-0.2, -0.15) is 0 Å². The number of likely N-dealkylation sites (N-methyl/N-ethyl adjacent to an activating group) is 1. The Kier molecular flexibility index (Phi) is 10.2. The molecule has 0 saturated heterocycles. The van der Waals surface area contributed by atoms with Gasteiger partial charge in [0.1, 0.15) is 29.8 Å². The van der Waals surface area contributed by atoms with Crippen LogP contribution in [0.5, 0.6) is 11.5 Å². The second-order valence-corrected chi connectivity index (χ2v) is 9.98. The normalized spacial score (nSPS) is 11.8. The fourth-order valence-electron chi connectivity index (χ4n) is 3.72. The van der Waals surface area contributed by atoms with Gasteiger partial charge >= 0.3 is 0 Å². The van der Waals surface area contributed by atoms with E-state index >= 15 is 0 Å². The highest BCUT2D eigenvalue weighted by Crippen LogP contribution is 2.34. The van der Waals surface area contributed by atoms with E-state index < -0.39 is 33.4 Å². The zero-order chi connectivity index (χ0) is 27.8. The van der Waals surface area contributed by atoms with E-state index in [1.165, 1.54) is 31.3 Å². The van der Waals surface area contributed by atoms with Crippen LogP contribution in [-0.2, 0) is 26.2 Å². The summed E-state index contributed by atoms with van der Waals surface area (Å²) in [7, 11) is -1.29. The van der Waals surface area contributed by atoms with Crippen molar-refractivity contribution < 1.29 is 32.4 Å². The Labute approximate surface area is 216 Å². The molecule has 13 heteroatoms. The fourth-order valence-corrected chi connectivity index (χ4v) is 4.57. The van der Waals surface area contributed by atoms with Crippen LogP contribution in [-0.4, -0.2) is 69.7 Å². The fraction of sp³-hybridized carbons (Fsp3) is 0.417. The molecular weight excluding hydrogens is 504 g/mol. The molecule has 0 saturated carbocycles. The molecule has 1 N–H and O–H groups in total. The number of non-ortho nitro benzene ring substituents is 1. The average molecular weight is 537 g/mol. The number of carbonyl (C=O) groups is 2. The molecule has 0 aromatic heterocycles. The summed E-state index contributed by atoms with van der Waals surface area (Å²) in [5.74, 6) is -0.418. The molecular formula is C24H32N4O8S. The van der Waals surface area contributed by atoms with E-state index in [0.29, 0.717) is 17.9 Å². The highest BCUT2D eigenvalue weighted by atomic mass is 32.2. The van der Waals surface area contributed by atoms with Gasteiger partial charge in [-0.25, -0.2) is 8.42 Å². The van der Waals surface area contributed by atoms with Crippen molar-refractivity contribution in [2.24, 2.45) is 0 Å². The van der Waals surface area contributed by atoms with Gasteiger partial charge in [-0.15, -0.1) is 0 Å². The largest absolute Gasteiger partial charge is 0.497 e. The monoisotopic (exact) mass is 536 g/mol. The highest BCUT2D eigenvalue weighted by molar-refractivity contribution is 7.92. The Morgan fingerprint density at radius 3 is 2.22 bits per heavy atom. The summed E-state index contributed by atoms with van der Waals surface area (Å²) in [5, 5.41) is 14.0. The van der Waals surface area contributed by atoms with Crippen molar-refractivity contribution in [1.82, 2.24) is 10.2 Å². The molecule has 2 aromatic carbocycles. The van der Waals surface area contributed by atoms with Crippen molar-refractivity contribution >= 4 is 33.2 Å². The standard InChI is InChI=1S/C24H32N4O8S/c1-6-20(24(30)25-7-2)26(15-17-8-11-19(35-3)12-9-17)23(29)16-27(37(5,33)34)21-14-18(28(31)32)10-13-22(21)36-4/h8-14,20H,6-7,15-16H2,1-5H3,(H,25,30). The lowest BCUT2D eigenvalue weighted by atomic mass is 10.1. The lowest BCUT2D eigenvalue weighted by Crippen LogP contribution is -2.52. The molecule has 0 radical (unpaired) electrons. The van der Waals surface area contributed by atoms with Gasteiger partial charge < -0.3 is 19.7 Å². The number of nitro benzene ring substituents is 1. The summed E-state index contributed by atoms with van der Waals surface area (Å²) in [6, 6.07) is 9.47. The number of methoxy groups -OCH3 is 2. The van der Waals surface area contributed by atoms with Gasteiger partial charge in [0.05, 0.1) is 25.4 Å². The van der Waals surface area contributed by atoms with E-state index in [4.69, 9.17) is 9.47 Å². The van der Waals surface area contributed by atoms with Crippen LogP contribution in [0.25, 0.3) is 0 Å². The predicted molar refractivity (Wildman–Crippen MR) is 138 cm³/mol. The lowest BCUT2D eigenvalue weighted by molar-refractivity contribution is -0.384. The first-order valence-electron chi connectivity index (χ1n) is 11.5. The van der Waals surface area contributed by atoms with E-state index in [1.54, 1.807) is 38.1 Å². The number of nitro groups is 1. The van der Waals surface area contributed by atoms with E-state index in [-0.39, 0.29) is 36.0 Å². The maximum Gasteiger partial charge on any atom is 0.271 e. The molecule has 0 aliphatic rings. The molecule has 0 bridgehead atoms. The Hall–Kier alpha value is -3.87. The number of hydrogen-bond donors (Lipinski definition) is 1. The number of nitrogens with one attached hydrogen (secondary N) is 1. The van der Waals surface area contributed by atoms with Crippen molar-refractivity contribution in [3.8, 4) is 11.5 Å². The van der Waals surface area contributed by atoms with Crippen LogP contribution < -0.4 is 19.1 Å². The molecule has 12 nitrogen and oxygen atoms in total. The first-order chi connectivity index (χ1) is 17.5. The minimum absolute atomic E-state index is 0.0160. The molecule has 1 atom stereocenters. The number of benzene rings is 2. The molecule has 202 valence electrons. The third-order valence-electron chi connectivity index (χ3n) is 5.57. The van der Waals surface area contributed by atoms with Crippen LogP contribution in [0.15, 0.2) is 42.5 Å². The van der Waals surface area contributed by atoms with Gasteiger partial charge in [-0.05, 0) is 37.1 Å². The van der Waals surface area contributed by atoms with Crippen LogP contribution in [0.2, 0.25) is 0 Å². The number of carbonyl (C=O) groups excluding carboxylic acids is 2. The maximum absolute atomic E-state index is 13.7. The number of rotatable bonds is 13. The summed E-state index contributed by atoms with van der Waals surface area (Å²) < 4.78 is 36.7. The molecule has 2 amide bonds. The maximum atomic E-state index is 13.7. The van der Waals surface area contributed by atoms with E-state index in [0.717, 1.165) is 16.6 Å². The van der Waals surface area contributed by atoms with Crippen molar-refractivity contribution in [2.75, 3.05) is 37.9 Å². The summed E-state index contributed by atoms with van der Waals surface area (Å²) in [4.78, 5) is 38.5. The van der Waals surface area contributed by atoms with Gasteiger partial charge in [0.15, 0.2) is 0 Å². The Bertz CT molecular complexity index is 1220. The third-order valence-corrected chi connectivity index (χ3v) is 6.70. The molecule has 0 fully saturated rings. The summed E-state index contributed by atoms with van der Waals surface area (Å²) >= 11 is 0. The van der Waals surface area contributed by atoms with E-state index in [9.17, 15) is 28.1 Å². The number of hydrogen-bond acceptors (Lipinski definition) is 8. The molecule has 2 rings (SSSR count). The van der Waals surface area contributed by atoms with Crippen molar-refractivity contribution in [1.29, 1.82) is 0 Å². The van der Waals surface area contributed by atoms with Crippen LogP contribution in [0.4, 0.5) is 11.4 Å². The van der Waals surface area contributed by atoms with Crippen LogP contribution in [0, 0.1) is 10.1 Å². The van der Waals surface area contributed by atoms with Crippen molar-refractivity contribution in [2.45, 2.75) is 32.9 Å². The number of ether oxygens (including phenoxy) is 2. The van der Waals surface area contributed by atoms with Gasteiger partial charge in [0.2, 0.25) is 21.8 Å². The van der Waals surface area contributed by atoms with Gasteiger partial charge in [-0.1, -0.05) is 19.1 Å². The molecule has 2 aromatic rings. The van der Waals surface area contributed by atoms with E-state index in [1.807, 2.05) is 0 Å². The second-order valence-electron chi connectivity index (χ2n) is 8.07. The second kappa shape index (κ2) is 12.9. The Morgan fingerprint density at radius 1 is 1.08 bits per heavy atom. The van der Waals surface area contributed by atoms with Crippen LogP contribution >= 0.6 is 0 Å². The van der Waals surface area contributed by atoms with Crippen molar-refractivity contribution in [3.05, 3.63) is 58.1 Å². The molecule has 1 unspecified atom stereocenters. The van der Waals surface area contributed by atoms with E-state index in [2.05, 4.69) is 5.32 Å². The van der Waals surface area contributed by atoms with Gasteiger partial charge in [0, 0.05) is 25.2 Å². The predicted octanol–water partition coefficient (Wildman–Crippen LogP) is 2.32. The summed E-state index contributed by atoms with van der Waals surface area (Å²) in [6.07, 6.45) is 1.15. The molecule has 37 heavy (non-hydrogen) atoms. The highest BCUT2D eigenvalue weighted by Gasteiger charge is 2.33. The molecule has 0 aliphatic heterocycles. The summed E-state index contributed by atoms with van der Waals surface area (Å²) in [5.41, 5.74) is 0.152. The zero-order valence-electron chi connectivity index (χ0n) is 21.5. The van der Waals surface area contributed by atoms with Gasteiger partial charge in [0.25, 0.3) is 5.69 Å². The summed E-state index contributed by atoms with van der Waals surface area (Å²) in [6.45, 7) is 3.15. The third kappa shape index (κ3) is 7.56. The van der Waals surface area contributed by atoms with Crippen LogP contribution in [0.1, 0.15) is 25.8 Å². The molecule has 0 heterocycles. The zero-order valence-corrected chi connectivity index (χ0v) is 22.3. The number of nitrogens with zero attached hydrogens (tertiary/aromatic N) is 3. The minimum Gasteiger partial charge on any atom is -0.497 e. The number of anilines is 1. The molecule has 0 spiro atoms. The topological polar surface area (TPSA) is 148 Å². The number of sulfonamides is 1. The first-order valence-corrected chi connectivity index (χ1v) is 13.3. The Balaban J connectivity index is 2.54. The quantitative estimate of drug-likeness (QED) is 0.303. The lowest BCUT2D eigenvalue weighted by Gasteiger charge is -2.33. The molecule has 0 aliphatic carbocycles. The number of amides is 2. The average Bonchev–Trinajstić information content (AvgIpc) is 2.86. The smallest absolute Gasteiger partial charge is 0.271 e. The SMILES string of the molecule is CCNC(=O)C(CC)N(Cc1ccc(OC)cc1)C(=O)CN(c1cc([N+](=O)[O-])ccc1OC)S(C)(=O)=O. The van der Waals surface area contributed by atoms with Crippen LogP contribution in [0.3, 0.4) is 0 Å². The first kappa shape index (κ1) is 29.4.